The minimum Gasteiger partial charge on any atom is -0.354 e. The Labute approximate surface area is 131 Å². The van der Waals surface area contributed by atoms with E-state index in [1.165, 1.54) is 23.3 Å². The third-order valence-corrected chi connectivity index (χ3v) is 6.18. The number of thiophene rings is 1. The summed E-state index contributed by atoms with van der Waals surface area (Å²) in [7, 11) is 0. The largest absolute Gasteiger partial charge is 0.354 e. The quantitative estimate of drug-likeness (QED) is 0.901. The summed E-state index contributed by atoms with van der Waals surface area (Å²) in [4.78, 5) is 14.0. The van der Waals surface area contributed by atoms with Gasteiger partial charge in [0.05, 0.1) is 5.92 Å². The summed E-state index contributed by atoms with van der Waals surface area (Å²) >= 11 is 1.80. The molecule has 2 heterocycles. The zero-order chi connectivity index (χ0) is 14.9. The first-order valence-corrected chi connectivity index (χ1v) is 9.03. The number of amides is 1. The van der Waals surface area contributed by atoms with Gasteiger partial charge < -0.3 is 10.6 Å². The maximum absolute atomic E-state index is 12.6. The zero-order valence-electron chi connectivity index (χ0n) is 13.1. The molecule has 0 spiro atoms. The van der Waals surface area contributed by atoms with Crippen LogP contribution in [0.25, 0.3) is 0 Å². The van der Waals surface area contributed by atoms with Gasteiger partial charge in [0.25, 0.3) is 0 Å². The SMILES string of the molecule is CC1(C)CCCNC1CNC(=O)C1CCCc2sccc21. The number of carbonyl (C=O) groups excluding carboxylic acids is 1. The van der Waals surface area contributed by atoms with Gasteiger partial charge >= 0.3 is 0 Å². The summed E-state index contributed by atoms with van der Waals surface area (Å²) in [5.41, 5.74) is 1.55. The first-order chi connectivity index (χ1) is 10.1. The van der Waals surface area contributed by atoms with Gasteiger partial charge in [0.2, 0.25) is 5.91 Å². The Morgan fingerprint density at radius 3 is 3.14 bits per heavy atom. The van der Waals surface area contributed by atoms with Crippen molar-refractivity contribution in [1.29, 1.82) is 0 Å². The molecular weight excluding hydrogens is 280 g/mol. The number of fused-ring (bicyclic) bond motifs is 1. The molecule has 0 aromatic carbocycles. The lowest BCUT2D eigenvalue weighted by molar-refractivity contribution is -0.123. The summed E-state index contributed by atoms with van der Waals surface area (Å²) < 4.78 is 0. The van der Waals surface area contributed by atoms with Gasteiger partial charge in [-0.3, -0.25) is 4.79 Å². The van der Waals surface area contributed by atoms with Crippen molar-refractivity contribution in [3.05, 3.63) is 21.9 Å². The van der Waals surface area contributed by atoms with Crippen molar-refractivity contribution in [2.24, 2.45) is 5.41 Å². The highest BCUT2D eigenvalue weighted by molar-refractivity contribution is 7.10. The highest BCUT2D eigenvalue weighted by Gasteiger charge is 2.33. The fourth-order valence-electron chi connectivity index (χ4n) is 3.70. The van der Waals surface area contributed by atoms with Crippen molar-refractivity contribution >= 4 is 17.2 Å². The molecule has 3 nitrogen and oxygen atoms in total. The third-order valence-electron chi connectivity index (χ3n) is 5.18. The molecule has 0 saturated carbocycles. The van der Waals surface area contributed by atoms with Crippen LogP contribution in [0.3, 0.4) is 0 Å². The number of piperidine rings is 1. The number of carbonyl (C=O) groups is 1. The number of rotatable bonds is 3. The molecule has 2 unspecified atom stereocenters. The van der Waals surface area contributed by atoms with Crippen LogP contribution in [0.5, 0.6) is 0 Å². The molecule has 3 rings (SSSR count). The predicted octanol–water partition coefficient (Wildman–Crippen LogP) is 3.06. The van der Waals surface area contributed by atoms with Gasteiger partial charge in [0, 0.05) is 17.5 Å². The van der Waals surface area contributed by atoms with E-state index in [2.05, 4.69) is 35.9 Å². The topological polar surface area (TPSA) is 41.1 Å². The maximum Gasteiger partial charge on any atom is 0.227 e. The average Bonchev–Trinajstić information content (AvgIpc) is 2.93. The van der Waals surface area contributed by atoms with Gasteiger partial charge in [0.1, 0.15) is 0 Å². The fraction of sp³-hybridized carbons (Fsp3) is 0.706. The molecule has 1 amide bonds. The van der Waals surface area contributed by atoms with Crippen LogP contribution in [-0.4, -0.2) is 25.0 Å². The molecule has 0 radical (unpaired) electrons. The number of hydrogen-bond donors (Lipinski definition) is 2. The van der Waals surface area contributed by atoms with E-state index in [9.17, 15) is 4.79 Å². The van der Waals surface area contributed by atoms with Crippen LogP contribution < -0.4 is 10.6 Å². The second-order valence-corrected chi connectivity index (χ2v) is 8.09. The summed E-state index contributed by atoms with van der Waals surface area (Å²) in [6.45, 7) is 6.42. The van der Waals surface area contributed by atoms with Crippen LogP contribution in [-0.2, 0) is 11.2 Å². The Balaban J connectivity index is 1.60. The molecule has 21 heavy (non-hydrogen) atoms. The van der Waals surface area contributed by atoms with E-state index >= 15 is 0 Å². The predicted molar refractivity (Wildman–Crippen MR) is 87.8 cm³/mol. The summed E-state index contributed by atoms with van der Waals surface area (Å²) in [5, 5.41) is 8.91. The van der Waals surface area contributed by atoms with E-state index in [-0.39, 0.29) is 17.2 Å². The normalized spacial score (nSPS) is 27.9. The van der Waals surface area contributed by atoms with Crippen molar-refractivity contribution < 1.29 is 4.79 Å². The zero-order valence-corrected chi connectivity index (χ0v) is 13.9. The van der Waals surface area contributed by atoms with Crippen LogP contribution in [0.2, 0.25) is 0 Å². The van der Waals surface area contributed by atoms with E-state index in [1.807, 2.05) is 0 Å². The number of hydrogen-bond acceptors (Lipinski definition) is 3. The molecule has 4 heteroatoms. The lowest BCUT2D eigenvalue weighted by atomic mass is 9.77. The Morgan fingerprint density at radius 1 is 1.48 bits per heavy atom. The van der Waals surface area contributed by atoms with Gasteiger partial charge in [-0.2, -0.15) is 0 Å². The van der Waals surface area contributed by atoms with Gasteiger partial charge in [-0.15, -0.1) is 11.3 Å². The van der Waals surface area contributed by atoms with Crippen LogP contribution in [0.15, 0.2) is 11.4 Å². The number of nitrogens with one attached hydrogen (secondary N) is 2. The molecular formula is C17H26N2OS. The van der Waals surface area contributed by atoms with Crippen molar-refractivity contribution in [1.82, 2.24) is 10.6 Å². The van der Waals surface area contributed by atoms with Crippen LogP contribution in [0, 0.1) is 5.41 Å². The lowest BCUT2D eigenvalue weighted by Crippen LogP contribution is -2.53. The van der Waals surface area contributed by atoms with Gasteiger partial charge in [-0.05, 0) is 61.1 Å². The van der Waals surface area contributed by atoms with E-state index in [1.54, 1.807) is 11.3 Å². The molecule has 1 saturated heterocycles. The van der Waals surface area contributed by atoms with E-state index in [0.717, 1.165) is 32.4 Å². The molecule has 116 valence electrons. The molecule has 2 N–H and O–H groups in total. The van der Waals surface area contributed by atoms with Gasteiger partial charge in [-0.25, -0.2) is 0 Å². The molecule has 1 fully saturated rings. The molecule has 1 aromatic rings. The molecule has 1 aromatic heterocycles. The van der Waals surface area contributed by atoms with E-state index in [0.29, 0.717) is 6.04 Å². The molecule has 1 aliphatic carbocycles. The van der Waals surface area contributed by atoms with Crippen molar-refractivity contribution in [2.75, 3.05) is 13.1 Å². The fourth-order valence-corrected chi connectivity index (χ4v) is 4.69. The van der Waals surface area contributed by atoms with E-state index in [4.69, 9.17) is 0 Å². The Bertz CT molecular complexity index is 509. The van der Waals surface area contributed by atoms with Crippen LogP contribution in [0.1, 0.15) is 55.9 Å². The van der Waals surface area contributed by atoms with Gasteiger partial charge in [-0.1, -0.05) is 13.8 Å². The highest BCUT2D eigenvalue weighted by atomic mass is 32.1. The molecule has 1 aliphatic heterocycles. The van der Waals surface area contributed by atoms with E-state index < -0.39 is 0 Å². The number of aryl methyl sites for hydroxylation is 1. The maximum atomic E-state index is 12.6. The van der Waals surface area contributed by atoms with Crippen LogP contribution in [0.4, 0.5) is 0 Å². The van der Waals surface area contributed by atoms with Gasteiger partial charge in [0.15, 0.2) is 0 Å². The smallest absolute Gasteiger partial charge is 0.227 e. The molecule has 0 bridgehead atoms. The Hall–Kier alpha value is -0.870. The molecule has 2 atom stereocenters. The Morgan fingerprint density at radius 2 is 2.33 bits per heavy atom. The second-order valence-electron chi connectivity index (χ2n) is 7.09. The highest BCUT2D eigenvalue weighted by Crippen LogP contribution is 2.35. The monoisotopic (exact) mass is 306 g/mol. The van der Waals surface area contributed by atoms with Crippen molar-refractivity contribution in [3.63, 3.8) is 0 Å². The first kappa shape index (κ1) is 15.0. The average molecular weight is 306 g/mol. The lowest BCUT2D eigenvalue weighted by Gasteiger charge is -2.39. The van der Waals surface area contributed by atoms with Crippen molar-refractivity contribution in [3.8, 4) is 0 Å². The summed E-state index contributed by atoms with van der Waals surface area (Å²) in [5.74, 6) is 0.296. The third kappa shape index (κ3) is 3.16. The molecule has 2 aliphatic rings. The summed E-state index contributed by atoms with van der Waals surface area (Å²) in [6, 6.07) is 2.53. The van der Waals surface area contributed by atoms with Crippen LogP contribution >= 0.6 is 11.3 Å². The van der Waals surface area contributed by atoms with Crippen molar-refractivity contribution in [2.45, 2.75) is 57.9 Å². The first-order valence-electron chi connectivity index (χ1n) is 8.15. The second kappa shape index (κ2) is 6.09. The Kier molecular flexibility index (Phi) is 4.36. The summed E-state index contributed by atoms with van der Waals surface area (Å²) in [6.07, 6.45) is 5.75. The standard InChI is InChI=1S/C17H26N2OS/c1-17(2)8-4-9-18-15(17)11-19-16(20)13-5-3-6-14-12(13)7-10-21-14/h7,10,13,15,18H,3-6,8-9,11H2,1-2H3,(H,19,20). The minimum absolute atomic E-state index is 0.0757. The minimum atomic E-state index is 0.0757.